The summed E-state index contributed by atoms with van der Waals surface area (Å²) in [5.74, 6) is 1.77. The van der Waals surface area contributed by atoms with Gasteiger partial charge in [-0.05, 0) is 69.9 Å². The van der Waals surface area contributed by atoms with E-state index < -0.39 is 0 Å². The lowest BCUT2D eigenvalue weighted by molar-refractivity contribution is 0.406. The van der Waals surface area contributed by atoms with Crippen LogP contribution < -0.4 is 14.8 Å². The first-order chi connectivity index (χ1) is 14.1. The summed E-state index contributed by atoms with van der Waals surface area (Å²) in [6.07, 6.45) is 8.93. The van der Waals surface area contributed by atoms with Crippen molar-refractivity contribution in [2.24, 2.45) is 0 Å². The number of unbranched alkanes of at least 4 members (excludes halogenated alkanes) is 1. The van der Waals surface area contributed by atoms with E-state index in [1.807, 2.05) is 24.3 Å². The van der Waals surface area contributed by atoms with Crippen molar-refractivity contribution in [3.05, 3.63) is 77.4 Å². The molecule has 0 bridgehead atoms. The number of hydrogen-bond acceptors (Lipinski definition) is 3. The number of methoxy groups -OCH3 is 2. The average molecular weight is 394 g/mol. The summed E-state index contributed by atoms with van der Waals surface area (Å²) in [6.45, 7) is 6.62. The molecule has 2 aromatic rings. The van der Waals surface area contributed by atoms with Crippen LogP contribution in [0.2, 0.25) is 0 Å². The minimum Gasteiger partial charge on any atom is -0.497 e. The molecule has 29 heavy (non-hydrogen) atoms. The molecule has 156 valence electrons. The van der Waals surface area contributed by atoms with Crippen molar-refractivity contribution < 1.29 is 9.47 Å². The van der Waals surface area contributed by atoms with Gasteiger partial charge in [-0.2, -0.15) is 0 Å². The number of allylic oxidation sites excluding steroid dienone is 3. The van der Waals surface area contributed by atoms with Gasteiger partial charge in [0, 0.05) is 11.3 Å². The second kappa shape index (κ2) is 12.0. The number of para-hydroxylation sites is 1. The first-order valence-electron chi connectivity index (χ1n) is 10.4. The first-order valence-corrected chi connectivity index (χ1v) is 10.4. The van der Waals surface area contributed by atoms with E-state index in [1.165, 1.54) is 16.7 Å². The Bertz CT molecular complexity index is 806. The van der Waals surface area contributed by atoms with E-state index in [-0.39, 0.29) is 6.04 Å². The monoisotopic (exact) mass is 393 g/mol. The summed E-state index contributed by atoms with van der Waals surface area (Å²) in [4.78, 5) is 0. The van der Waals surface area contributed by atoms with Crippen molar-refractivity contribution in [1.82, 2.24) is 0 Å². The second-order valence-electron chi connectivity index (χ2n) is 7.40. The van der Waals surface area contributed by atoms with E-state index in [4.69, 9.17) is 9.47 Å². The zero-order chi connectivity index (χ0) is 21.1. The number of hydrogen-bond donors (Lipinski definition) is 1. The molecule has 2 rings (SSSR count). The molecule has 0 aliphatic rings. The minimum atomic E-state index is 0.128. The zero-order valence-electron chi connectivity index (χ0n) is 18.5. The fourth-order valence-electron chi connectivity index (χ4n) is 3.29. The van der Waals surface area contributed by atoms with Gasteiger partial charge in [0.1, 0.15) is 11.5 Å². The number of anilines is 1. The Labute approximate surface area is 176 Å². The summed E-state index contributed by atoms with van der Waals surface area (Å²) in [5, 5.41) is 3.68. The van der Waals surface area contributed by atoms with E-state index in [9.17, 15) is 0 Å². The van der Waals surface area contributed by atoms with Crippen LogP contribution in [0.1, 0.15) is 58.1 Å². The van der Waals surface area contributed by atoms with Gasteiger partial charge in [0.25, 0.3) is 0 Å². The first kappa shape index (κ1) is 22.6. The minimum absolute atomic E-state index is 0.128. The Kier molecular flexibility index (Phi) is 9.36. The maximum absolute atomic E-state index is 5.63. The third kappa shape index (κ3) is 7.34. The summed E-state index contributed by atoms with van der Waals surface area (Å²) in [7, 11) is 3.42. The Hall–Kier alpha value is -2.68. The molecule has 1 N–H and O–H groups in total. The number of nitrogens with one attached hydrogen (secondary N) is 1. The Morgan fingerprint density at radius 3 is 2.17 bits per heavy atom. The molecular formula is C26H35NO2. The lowest BCUT2D eigenvalue weighted by Gasteiger charge is -2.23. The summed E-state index contributed by atoms with van der Waals surface area (Å²) in [5.41, 5.74) is 5.07. The summed E-state index contributed by atoms with van der Waals surface area (Å²) < 4.78 is 10.9. The SMILES string of the molecule is CC/C(C)=C/CC/C=C(\C)CC(Nc1ccc(OC)cc1)c1ccccc1OC. The fraction of sp³-hybridized carbons (Fsp3) is 0.385. The van der Waals surface area contributed by atoms with Gasteiger partial charge in [0.05, 0.1) is 20.3 Å². The summed E-state index contributed by atoms with van der Waals surface area (Å²) >= 11 is 0. The van der Waals surface area contributed by atoms with Crippen LogP contribution in [0.25, 0.3) is 0 Å². The third-order valence-electron chi connectivity index (χ3n) is 5.18. The van der Waals surface area contributed by atoms with Crippen LogP contribution in [-0.2, 0) is 0 Å². The van der Waals surface area contributed by atoms with Crippen molar-refractivity contribution in [1.29, 1.82) is 0 Å². The molecule has 0 saturated carbocycles. The van der Waals surface area contributed by atoms with Crippen molar-refractivity contribution in [2.75, 3.05) is 19.5 Å². The molecule has 1 unspecified atom stereocenters. The van der Waals surface area contributed by atoms with Gasteiger partial charge >= 0.3 is 0 Å². The van der Waals surface area contributed by atoms with E-state index in [0.29, 0.717) is 0 Å². The number of rotatable bonds is 11. The van der Waals surface area contributed by atoms with Crippen molar-refractivity contribution >= 4 is 5.69 Å². The van der Waals surface area contributed by atoms with Gasteiger partial charge < -0.3 is 14.8 Å². The van der Waals surface area contributed by atoms with E-state index in [0.717, 1.165) is 42.9 Å². The molecule has 0 heterocycles. The molecule has 0 aliphatic carbocycles. The smallest absolute Gasteiger partial charge is 0.124 e. The molecule has 3 nitrogen and oxygen atoms in total. The van der Waals surface area contributed by atoms with Gasteiger partial charge in [0.15, 0.2) is 0 Å². The number of benzene rings is 2. The normalized spacial score (nSPS) is 13.1. The standard InChI is InChI=1S/C26H35NO2/c1-6-20(2)11-7-8-12-21(3)19-25(24-13-9-10-14-26(24)29-5)27-22-15-17-23(28-4)18-16-22/h9-18,25,27H,6-8,19H2,1-5H3/b20-11+,21-12+. The van der Waals surface area contributed by atoms with Crippen molar-refractivity contribution in [2.45, 2.75) is 52.5 Å². The van der Waals surface area contributed by atoms with Crippen LogP contribution >= 0.6 is 0 Å². The van der Waals surface area contributed by atoms with Crippen LogP contribution in [0.15, 0.2) is 71.8 Å². The fourth-order valence-corrected chi connectivity index (χ4v) is 3.29. The highest BCUT2D eigenvalue weighted by Crippen LogP contribution is 2.32. The van der Waals surface area contributed by atoms with Gasteiger partial charge in [-0.25, -0.2) is 0 Å². The zero-order valence-corrected chi connectivity index (χ0v) is 18.5. The second-order valence-corrected chi connectivity index (χ2v) is 7.40. The van der Waals surface area contributed by atoms with Crippen LogP contribution in [0, 0.1) is 0 Å². The topological polar surface area (TPSA) is 30.5 Å². The predicted octanol–water partition coefficient (Wildman–Crippen LogP) is 7.33. The molecule has 0 fully saturated rings. The predicted molar refractivity (Wildman–Crippen MR) is 124 cm³/mol. The molecule has 3 heteroatoms. The lowest BCUT2D eigenvalue weighted by atomic mass is 9.97. The molecule has 0 radical (unpaired) electrons. The van der Waals surface area contributed by atoms with Crippen LogP contribution in [0.3, 0.4) is 0 Å². The van der Waals surface area contributed by atoms with Gasteiger partial charge in [-0.3, -0.25) is 0 Å². The number of ether oxygens (including phenoxy) is 2. The molecule has 0 spiro atoms. The van der Waals surface area contributed by atoms with E-state index in [2.05, 4.69) is 62.5 Å². The Morgan fingerprint density at radius 1 is 0.897 bits per heavy atom. The maximum atomic E-state index is 5.63. The molecule has 0 amide bonds. The molecular weight excluding hydrogens is 358 g/mol. The quantitative estimate of drug-likeness (QED) is 0.320. The van der Waals surface area contributed by atoms with Gasteiger partial charge in [0.2, 0.25) is 0 Å². The highest BCUT2D eigenvalue weighted by Gasteiger charge is 2.16. The van der Waals surface area contributed by atoms with Crippen LogP contribution in [0.4, 0.5) is 5.69 Å². The van der Waals surface area contributed by atoms with Crippen LogP contribution in [0.5, 0.6) is 11.5 Å². The van der Waals surface area contributed by atoms with Gasteiger partial charge in [-0.15, -0.1) is 0 Å². The Balaban J connectivity index is 2.17. The molecule has 2 aromatic carbocycles. The highest BCUT2D eigenvalue weighted by molar-refractivity contribution is 5.50. The third-order valence-corrected chi connectivity index (χ3v) is 5.18. The molecule has 0 aromatic heterocycles. The van der Waals surface area contributed by atoms with Gasteiger partial charge in [-0.1, -0.05) is 48.4 Å². The molecule has 1 atom stereocenters. The average Bonchev–Trinajstić information content (AvgIpc) is 2.76. The lowest BCUT2D eigenvalue weighted by Crippen LogP contribution is -2.12. The van der Waals surface area contributed by atoms with Crippen molar-refractivity contribution in [3.8, 4) is 11.5 Å². The summed E-state index contributed by atoms with van der Waals surface area (Å²) in [6, 6.07) is 16.4. The van der Waals surface area contributed by atoms with E-state index >= 15 is 0 Å². The Morgan fingerprint density at radius 2 is 1.55 bits per heavy atom. The highest BCUT2D eigenvalue weighted by atomic mass is 16.5. The maximum Gasteiger partial charge on any atom is 0.124 e. The van der Waals surface area contributed by atoms with Crippen LogP contribution in [-0.4, -0.2) is 14.2 Å². The largest absolute Gasteiger partial charge is 0.497 e. The molecule has 0 aliphatic heterocycles. The molecule has 0 saturated heterocycles. The van der Waals surface area contributed by atoms with Crippen molar-refractivity contribution in [3.63, 3.8) is 0 Å². The van der Waals surface area contributed by atoms with E-state index in [1.54, 1.807) is 14.2 Å².